The lowest BCUT2D eigenvalue weighted by molar-refractivity contribution is 0.188. The summed E-state index contributed by atoms with van der Waals surface area (Å²) in [5.41, 5.74) is 6.31. The van der Waals surface area contributed by atoms with Crippen LogP contribution in [0.2, 0.25) is 0 Å². The molecule has 102 valence electrons. The fourth-order valence-electron chi connectivity index (χ4n) is 1.71. The van der Waals surface area contributed by atoms with Crippen LogP contribution in [0.5, 0.6) is 5.75 Å². The number of para-hydroxylation sites is 1. The Bertz CT molecular complexity index is 353. The predicted molar refractivity (Wildman–Crippen MR) is 71.6 cm³/mol. The Morgan fingerprint density at radius 2 is 2.00 bits per heavy atom. The summed E-state index contributed by atoms with van der Waals surface area (Å²) in [6, 6.07) is 7.70. The number of aliphatic hydroxyl groups excluding tert-OH is 2. The summed E-state index contributed by atoms with van der Waals surface area (Å²) in [5, 5.41) is 18.0. The van der Waals surface area contributed by atoms with E-state index in [2.05, 4.69) is 0 Å². The van der Waals surface area contributed by atoms with Crippen molar-refractivity contribution >= 4 is 0 Å². The number of nitrogens with two attached hydrogens (primary N) is 1. The minimum Gasteiger partial charge on any atom is -0.493 e. The third-order valence-corrected chi connectivity index (χ3v) is 2.86. The molecule has 0 heterocycles. The van der Waals surface area contributed by atoms with Gasteiger partial charge >= 0.3 is 0 Å². The minimum atomic E-state index is -0.534. The number of hydrogen-bond acceptors (Lipinski definition) is 4. The average Bonchev–Trinajstić information content (AvgIpc) is 2.37. The van der Waals surface area contributed by atoms with Crippen LogP contribution in [0.15, 0.2) is 24.3 Å². The lowest BCUT2D eigenvalue weighted by Gasteiger charge is -2.21. The molecule has 18 heavy (non-hydrogen) atoms. The maximum Gasteiger partial charge on any atom is 0.122 e. The quantitative estimate of drug-likeness (QED) is 0.606. The van der Waals surface area contributed by atoms with Crippen molar-refractivity contribution in [1.82, 2.24) is 0 Å². The first-order valence-electron chi connectivity index (χ1n) is 6.30. The van der Waals surface area contributed by atoms with Gasteiger partial charge in [-0.25, -0.2) is 0 Å². The summed E-state index contributed by atoms with van der Waals surface area (Å²) in [7, 11) is 0. The van der Waals surface area contributed by atoms with Gasteiger partial charge in [-0.3, -0.25) is 0 Å². The molecule has 0 bridgehead atoms. The molecular weight excluding hydrogens is 230 g/mol. The second-order valence-corrected chi connectivity index (χ2v) is 4.85. The van der Waals surface area contributed by atoms with Crippen molar-refractivity contribution < 1.29 is 14.9 Å². The molecular formula is C14H23NO3. The van der Waals surface area contributed by atoms with Gasteiger partial charge in [-0.15, -0.1) is 0 Å². The molecule has 0 radical (unpaired) electrons. The zero-order valence-electron chi connectivity index (χ0n) is 10.9. The van der Waals surface area contributed by atoms with Gasteiger partial charge in [0, 0.05) is 12.1 Å². The fourth-order valence-corrected chi connectivity index (χ4v) is 1.71. The van der Waals surface area contributed by atoms with Crippen LogP contribution in [0, 0.1) is 0 Å². The van der Waals surface area contributed by atoms with E-state index in [4.69, 9.17) is 20.7 Å². The molecule has 1 aromatic rings. The van der Waals surface area contributed by atoms with Crippen LogP contribution in [0.4, 0.5) is 0 Å². The Kier molecular flexibility index (Phi) is 6.12. The smallest absolute Gasteiger partial charge is 0.122 e. The Hall–Kier alpha value is -1.10. The molecule has 4 N–H and O–H groups in total. The normalized spacial score (nSPS) is 14.2. The van der Waals surface area contributed by atoms with Gasteiger partial charge in [-0.2, -0.15) is 0 Å². The van der Waals surface area contributed by atoms with E-state index in [1.165, 1.54) is 0 Å². The van der Waals surface area contributed by atoms with Crippen LogP contribution in [0.3, 0.4) is 0 Å². The van der Waals surface area contributed by atoms with Crippen LogP contribution in [-0.2, 0) is 6.42 Å². The number of aliphatic hydroxyl groups is 2. The van der Waals surface area contributed by atoms with E-state index < -0.39 is 5.54 Å². The van der Waals surface area contributed by atoms with E-state index in [1.807, 2.05) is 31.2 Å². The lowest BCUT2D eigenvalue weighted by atomic mass is 9.99. The molecule has 1 unspecified atom stereocenters. The first kappa shape index (κ1) is 15.0. The van der Waals surface area contributed by atoms with E-state index in [0.717, 1.165) is 17.7 Å². The van der Waals surface area contributed by atoms with Crippen LogP contribution >= 0.6 is 0 Å². The highest BCUT2D eigenvalue weighted by Crippen LogP contribution is 2.19. The molecule has 1 aromatic carbocycles. The summed E-state index contributed by atoms with van der Waals surface area (Å²) in [6.45, 7) is 2.49. The number of hydrogen-bond donors (Lipinski definition) is 3. The number of rotatable bonds is 8. The lowest BCUT2D eigenvalue weighted by Crippen LogP contribution is -2.40. The summed E-state index contributed by atoms with van der Waals surface area (Å²) >= 11 is 0. The molecule has 0 aromatic heterocycles. The van der Waals surface area contributed by atoms with Crippen molar-refractivity contribution in [3.8, 4) is 5.75 Å². The first-order valence-corrected chi connectivity index (χ1v) is 6.30. The summed E-state index contributed by atoms with van der Waals surface area (Å²) in [5.74, 6) is 0.814. The van der Waals surface area contributed by atoms with Crippen molar-refractivity contribution in [1.29, 1.82) is 0 Å². The first-order chi connectivity index (χ1) is 8.59. The van der Waals surface area contributed by atoms with Crippen molar-refractivity contribution in [3.05, 3.63) is 29.8 Å². The van der Waals surface area contributed by atoms with Crippen LogP contribution in [0.25, 0.3) is 0 Å². The monoisotopic (exact) mass is 253 g/mol. The molecule has 0 fully saturated rings. The van der Waals surface area contributed by atoms with Gasteiger partial charge in [-0.05, 0) is 37.8 Å². The van der Waals surface area contributed by atoms with Crippen molar-refractivity contribution in [2.45, 2.75) is 31.7 Å². The molecule has 0 spiro atoms. The highest BCUT2D eigenvalue weighted by atomic mass is 16.5. The summed E-state index contributed by atoms with van der Waals surface area (Å²) in [4.78, 5) is 0. The van der Waals surface area contributed by atoms with Gasteiger partial charge in [0.2, 0.25) is 0 Å². The maximum atomic E-state index is 9.03. The standard InChI is InChI=1S/C14H23NO3/c1-14(15,11-17)8-4-10-18-13-6-3-2-5-12(13)7-9-16/h2-3,5-6,16-17H,4,7-11,15H2,1H3. The third kappa shape index (κ3) is 5.04. The molecule has 0 saturated heterocycles. The van der Waals surface area contributed by atoms with Gasteiger partial charge < -0.3 is 20.7 Å². The van der Waals surface area contributed by atoms with Gasteiger partial charge in [0.15, 0.2) is 0 Å². The Balaban J connectivity index is 2.39. The molecule has 4 nitrogen and oxygen atoms in total. The number of benzene rings is 1. The van der Waals surface area contributed by atoms with Gasteiger partial charge in [0.25, 0.3) is 0 Å². The van der Waals surface area contributed by atoms with Gasteiger partial charge in [-0.1, -0.05) is 18.2 Å². The largest absolute Gasteiger partial charge is 0.493 e. The Morgan fingerprint density at radius 3 is 2.67 bits per heavy atom. The Morgan fingerprint density at radius 1 is 1.28 bits per heavy atom. The summed E-state index contributed by atoms with van der Waals surface area (Å²) in [6.07, 6.45) is 2.11. The van der Waals surface area contributed by atoms with E-state index in [-0.39, 0.29) is 13.2 Å². The second kappa shape index (κ2) is 7.36. The van der Waals surface area contributed by atoms with Crippen molar-refractivity contribution in [2.24, 2.45) is 5.73 Å². The molecule has 0 amide bonds. The molecule has 1 atom stereocenters. The summed E-state index contributed by atoms with van der Waals surface area (Å²) < 4.78 is 5.68. The van der Waals surface area contributed by atoms with E-state index in [1.54, 1.807) is 0 Å². The van der Waals surface area contributed by atoms with Crippen LogP contribution in [0.1, 0.15) is 25.3 Å². The number of ether oxygens (including phenoxy) is 1. The van der Waals surface area contributed by atoms with Crippen LogP contribution in [-0.4, -0.2) is 35.6 Å². The van der Waals surface area contributed by atoms with E-state index in [9.17, 15) is 0 Å². The van der Waals surface area contributed by atoms with Gasteiger partial charge in [0.05, 0.1) is 13.2 Å². The molecule has 0 aliphatic rings. The SMILES string of the molecule is CC(N)(CO)CCCOc1ccccc1CCO. The topological polar surface area (TPSA) is 75.7 Å². The third-order valence-electron chi connectivity index (χ3n) is 2.86. The fraction of sp³-hybridized carbons (Fsp3) is 0.571. The molecule has 1 rings (SSSR count). The van der Waals surface area contributed by atoms with Crippen molar-refractivity contribution in [3.63, 3.8) is 0 Å². The molecule has 0 aliphatic heterocycles. The zero-order valence-corrected chi connectivity index (χ0v) is 10.9. The maximum absolute atomic E-state index is 9.03. The minimum absolute atomic E-state index is 0.0197. The highest BCUT2D eigenvalue weighted by Gasteiger charge is 2.16. The van der Waals surface area contributed by atoms with E-state index >= 15 is 0 Å². The molecule has 0 aliphatic carbocycles. The average molecular weight is 253 g/mol. The molecule has 4 heteroatoms. The predicted octanol–water partition coefficient (Wildman–Crippen LogP) is 1.09. The zero-order chi connectivity index (χ0) is 13.4. The van der Waals surface area contributed by atoms with Crippen LogP contribution < -0.4 is 10.5 Å². The van der Waals surface area contributed by atoms with Gasteiger partial charge in [0.1, 0.15) is 5.75 Å². The van der Waals surface area contributed by atoms with Crippen molar-refractivity contribution in [2.75, 3.05) is 19.8 Å². The van der Waals surface area contributed by atoms with E-state index in [0.29, 0.717) is 19.4 Å². The highest BCUT2D eigenvalue weighted by molar-refractivity contribution is 5.33. The second-order valence-electron chi connectivity index (χ2n) is 4.85. The Labute approximate surface area is 108 Å². The molecule has 0 saturated carbocycles.